The van der Waals surface area contributed by atoms with Crippen LogP contribution in [0.5, 0.6) is 0 Å². The number of amides is 1. The summed E-state index contributed by atoms with van der Waals surface area (Å²) in [5.41, 5.74) is 6.64. The molecule has 1 aromatic rings. The summed E-state index contributed by atoms with van der Waals surface area (Å²) < 4.78 is 25.0. The lowest BCUT2D eigenvalue weighted by molar-refractivity contribution is -0.131. The number of nitrogens with zero attached hydrogens (tertiary/aromatic N) is 1. The normalized spacial score (nSPS) is 20.5. The average Bonchev–Trinajstić information content (AvgIpc) is 2.87. The number of rotatable bonds is 5. The first-order valence-electron chi connectivity index (χ1n) is 6.92. The van der Waals surface area contributed by atoms with Crippen LogP contribution in [0.4, 0.5) is 0 Å². The van der Waals surface area contributed by atoms with Gasteiger partial charge in [-0.1, -0.05) is 30.3 Å². The average molecular weight is 311 g/mol. The molecule has 0 radical (unpaired) electrons. The van der Waals surface area contributed by atoms with Gasteiger partial charge in [0.15, 0.2) is 0 Å². The SMILES string of the molecule is CS(=O)(=O)N[C@@H]1CCN(C(=O)[C@@H](CN)c2ccccc2)C1. The van der Waals surface area contributed by atoms with Gasteiger partial charge in [0.1, 0.15) is 0 Å². The second kappa shape index (κ2) is 6.55. The van der Waals surface area contributed by atoms with Crippen molar-refractivity contribution in [2.75, 3.05) is 25.9 Å². The second-order valence-corrected chi connectivity index (χ2v) is 7.14. The fraction of sp³-hybridized carbons (Fsp3) is 0.500. The first-order valence-corrected chi connectivity index (χ1v) is 8.81. The Morgan fingerprint density at radius 3 is 2.67 bits per heavy atom. The van der Waals surface area contributed by atoms with Gasteiger partial charge in [-0.2, -0.15) is 0 Å². The molecule has 1 aliphatic heterocycles. The third-order valence-corrected chi connectivity index (χ3v) is 4.38. The zero-order valence-electron chi connectivity index (χ0n) is 12.0. The van der Waals surface area contributed by atoms with Crippen LogP contribution in [0.2, 0.25) is 0 Å². The van der Waals surface area contributed by atoms with Crippen LogP contribution in [-0.2, 0) is 14.8 Å². The molecule has 0 aliphatic carbocycles. The number of benzene rings is 1. The van der Waals surface area contributed by atoms with Crippen molar-refractivity contribution in [3.8, 4) is 0 Å². The number of nitrogens with two attached hydrogens (primary N) is 1. The molecule has 0 saturated carbocycles. The van der Waals surface area contributed by atoms with E-state index in [2.05, 4.69) is 4.72 Å². The molecule has 21 heavy (non-hydrogen) atoms. The van der Waals surface area contributed by atoms with Crippen LogP contribution in [-0.4, -0.2) is 51.2 Å². The summed E-state index contributed by atoms with van der Waals surface area (Å²) >= 11 is 0. The van der Waals surface area contributed by atoms with Crippen molar-refractivity contribution in [1.29, 1.82) is 0 Å². The molecule has 1 heterocycles. The van der Waals surface area contributed by atoms with Gasteiger partial charge in [-0.25, -0.2) is 13.1 Å². The van der Waals surface area contributed by atoms with Crippen molar-refractivity contribution >= 4 is 15.9 Å². The van der Waals surface area contributed by atoms with Gasteiger partial charge >= 0.3 is 0 Å². The molecule has 1 aliphatic rings. The highest BCUT2D eigenvalue weighted by Gasteiger charge is 2.32. The minimum absolute atomic E-state index is 0.0403. The van der Waals surface area contributed by atoms with Gasteiger partial charge in [-0.3, -0.25) is 4.79 Å². The molecule has 1 fully saturated rings. The molecule has 3 N–H and O–H groups in total. The molecular formula is C14H21N3O3S. The molecule has 0 bridgehead atoms. The Morgan fingerprint density at radius 1 is 1.43 bits per heavy atom. The first-order chi connectivity index (χ1) is 9.90. The van der Waals surface area contributed by atoms with Crippen LogP contribution in [0.15, 0.2) is 30.3 Å². The molecule has 2 atom stereocenters. The molecule has 2 rings (SSSR count). The van der Waals surface area contributed by atoms with Crippen molar-refractivity contribution in [3.05, 3.63) is 35.9 Å². The van der Waals surface area contributed by atoms with Crippen LogP contribution >= 0.6 is 0 Å². The Kier molecular flexibility index (Phi) is 4.97. The highest BCUT2D eigenvalue weighted by atomic mass is 32.2. The van der Waals surface area contributed by atoms with Gasteiger partial charge in [0.25, 0.3) is 0 Å². The molecule has 0 unspecified atom stereocenters. The van der Waals surface area contributed by atoms with Gasteiger partial charge in [-0.15, -0.1) is 0 Å². The molecule has 0 aromatic heterocycles. The van der Waals surface area contributed by atoms with Crippen molar-refractivity contribution in [3.63, 3.8) is 0 Å². The monoisotopic (exact) mass is 311 g/mol. The summed E-state index contributed by atoms with van der Waals surface area (Å²) in [6.45, 7) is 1.19. The van der Waals surface area contributed by atoms with E-state index in [-0.39, 0.29) is 24.4 Å². The number of carbonyl (C=O) groups excluding carboxylic acids is 1. The maximum absolute atomic E-state index is 12.6. The standard InChI is InChI=1S/C14H21N3O3S/c1-21(19,20)16-12-7-8-17(10-12)14(18)13(9-15)11-5-3-2-4-6-11/h2-6,12-13,16H,7-10,15H2,1H3/t12-,13+/m1/s1. The fourth-order valence-corrected chi connectivity index (χ4v) is 3.44. The number of sulfonamides is 1. The van der Waals surface area contributed by atoms with Gasteiger partial charge in [-0.05, 0) is 12.0 Å². The van der Waals surface area contributed by atoms with Gasteiger partial charge in [0, 0.05) is 25.7 Å². The summed E-state index contributed by atoms with van der Waals surface area (Å²) in [6, 6.07) is 9.21. The van der Waals surface area contributed by atoms with Crippen LogP contribution in [0, 0.1) is 0 Å². The van der Waals surface area contributed by atoms with Crippen molar-refractivity contribution in [1.82, 2.24) is 9.62 Å². The molecular weight excluding hydrogens is 290 g/mol. The lowest BCUT2D eigenvalue weighted by Gasteiger charge is -2.23. The van der Waals surface area contributed by atoms with Crippen molar-refractivity contribution < 1.29 is 13.2 Å². The minimum atomic E-state index is -3.25. The Morgan fingerprint density at radius 2 is 2.10 bits per heavy atom. The Balaban J connectivity index is 2.03. The molecule has 1 amide bonds. The van der Waals surface area contributed by atoms with E-state index in [0.717, 1.165) is 11.8 Å². The van der Waals surface area contributed by atoms with Gasteiger partial charge < -0.3 is 10.6 Å². The van der Waals surface area contributed by atoms with Crippen LogP contribution < -0.4 is 10.5 Å². The maximum Gasteiger partial charge on any atom is 0.231 e. The van der Waals surface area contributed by atoms with E-state index >= 15 is 0 Å². The summed E-state index contributed by atoms with van der Waals surface area (Å²) in [5, 5.41) is 0. The molecule has 1 aromatic carbocycles. The first kappa shape index (κ1) is 15.9. The molecule has 116 valence electrons. The van der Waals surface area contributed by atoms with Crippen LogP contribution in [0.3, 0.4) is 0 Å². The smallest absolute Gasteiger partial charge is 0.231 e. The molecule has 0 spiro atoms. The Labute approximate surface area is 125 Å². The topological polar surface area (TPSA) is 92.5 Å². The summed E-state index contributed by atoms with van der Waals surface area (Å²) in [4.78, 5) is 14.2. The zero-order valence-corrected chi connectivity index (χ0v) is 12.8. The highest BCUT2D eigenvalue weighted by molar-refractivity contribution is 7.88. The second-order valence-electron chi connectivity index (χ2n) is 5.36. The molecule has 1 saturated heterocycles. The van der Waals surface area contributed by atoms with Gasteiger partial charge in [0.05, 0.1) is 12.2 Å². The molecule has 7 heteroatoms. The van der Waals surface area contributed by atoms with E-state index in [0.29, 0.717) is 19.5 Å². The number of carbonyl (C=O) groups is 1. The summed E-state index contributed by atoms with van der Waals surface area (Å²) in [5.74, 6) is -0.412. The third-order valence-electron chi connectivity index (χ3n) is 3.62. The Hall–Kier alpha value is -1.44. The van der Waals surface area contributed by atoms with E-state index in [1.165, 1.54) is 0 Å². The predicted octanol–water partition coefficient (Wildman–Crippen LogP) is -0.121. The maximum atomic E-state index is 12.6. The number of nitrogens with one attached hydrogen (secondary N) is 1. The largest absolute Gasteiger partial charge is 0.340 e. The molecule has 6 nitrogen and oxygen atoms in total. The van der Waals surface area contributed by atoms with Crippen LogP contribution in [0.25, 0.3) is 0 Å². The van der Waals surface area contributed by atoms with E-state index in [9.17, 15) is 13.2 Å². The van der Waals surface area contributed by atoms with E-state index in [1.54, 1.807) is 4.90 Å². The minimum Gasteiger partial charge on any atom is -0.340 e. The highest BCUT2D eigenvalue weighted by Crippen LogP contribution is 2.20. The number of likely N-dealkylation sites (tertiary alicyclic amines) is 1. The lowest BCUT2D eigenvalue weighted by Crippen LogP contribution is -2.40. The van der Waals surface area contributed by atoms with Gasteiger partial charge in [0.2, 0.25) is 15.9 Å². The van der Waals surface area contributed by atoms with E-state index in [1.807, 2.05) is 30.3 Å². The van der Waals surface area contributed by atoms with E-state index < -0.39 is 10.0 Å². The summed E-state index contributed by atoms with van der Waals surface area (Å²) in [7, 11) is -3.25. The van der Waals surface area contributed by atoms with Crippen molar-refractivity contribution in [2.45, 2.75) is 18.4 Å². The van der Waals surface area contributed by atoms with Crippen LogP contribution in [0.1, 0.15) is 17.9 Å². The Bertz CT molecular complexity index is 589. The fourth-order valence-electron chi connectivity index (χ4n) is 2.64. The third kappa shape index (κ3) is 4.26. The van der Waals surface area contributed by atoms with E-state index in [4.69, 9.17) is 5.73 Å². The quantitative estimate of drug-likeness (QED) is 0.793. The van der Waals surface area contributed by atoms with Crippen molar-refractivity contribution in [2.24, 2.45) is 5.73 Å². The lowest BCUT2D eigenvalue weighted by atomic mass is 9.98. The number of hydrogen-bond acceptors (Lipinski definition) is 4. The number of hydrogen-bond donors (Lipinski definition) is 2. The zero-order chi connectivity index (χ0) is 15.5. The predicted molar refractivity (Wildman–Crippen MR) is 81.2 cm³/mol. The summed E-state index contributed by atoms with van der Waals surface area (Å²) in [6.07, 6.45) is 1.76.